The SMILES string of the molecule is CC(C)CNC1CC2(CCC2)C1. The first-order valence-electron chi connectivity index (χ1n) is 5.44. The van der Waals surface area contributed by atoms with Gasteiger partial charge in [0.2, 0.25) is 0 Å². The van der Waals surface area contributed by atoms with Crippen molar-refractivity contribution >= 4 is 0 Å². The van der Waals surface area contributed by atoms with Crippen LogP contribution >= 0.6 is 0 Å². The van der Waals surface area contributed by atoms with E-state index in [0.717, 1.165) is 17.4 Å². The maximum atomic E-state index is 3.64. The lowest BCUT2D eigenvalue weighted by atomic mass is 9.54. The summed E-state index contributed by atoms with van der Waals surface area (Å²) >= 11 is 0. The van der Waals surface area contributed by atoms with E-state index in [1.54, 1.807) is 0 Å². The molecule has 0 aliphatic heterocycles. The zero-order valence-corrected chi connectivity index (χ0v) is 8.40. The molecule has 12 heavy (non-hydrogen) atoms. The van der Waals surface area contributed by atoms with Gasteiger partial charge in [-0.05, 0) is 43.6 Å². The molecule has 2 rings (SSSR count). The predicted molar refractivity (Wildman–Crippen MR) is 52.1 cm³/mol. The number of rotatable bonds is 3. The average Bonchev–Trinajstić information content (AvgIpc) is 1.79. The van der Waals surface area contributed by atoms with Crippen molar-refractivity contribution in [2.24, 2.45) is 11.3 Å². The zero-order valence-electron chi connectivity index (χ0n) is 8.40. The van der Waals surface area contributed by atoms with E-state index in [2.05, 4.69) is 19.2 Å². The van der Waals surface area contributed by atoms with Crippen LogP contribution < -0.4 is 5.32 Å². The van der Waals surface area contributed by atoms with Gasteiger partial charge < -0.3 is 5.32 Å². The Morgan fingerprint density at radius 2 is 2.00 bits per heavy atom. The highest BCUT2D eigenvalue weighted by Gasteiger charge is 2.47. The fourth-order valence-electron chi connectivity index (χ4n) is 2.62. The molecule has 70 valence electrons. The maximum Gasteiger partial charge on any atom is 0.00777 e. The lowest BCUT2D eigenvalue weighted by molar-refractivity contribution is -0.00280. The number of hydrogen-bond donors (Lipinski definition) is 1. The van der Waals surface area contributed by atoms with E-state index in [1.165, 1.54) is 38.6 Å². The molecule has 0 aromatic heterocycles. The maximum absolute atomic E-state index is 3.64. The van der Waals surface area contributed by atoms with E-state index >= 15 is 0 Å². The van der Waals surface area contributed by atoms with E-state index in [4.69, 9.17) is 0 Å². The number of hydrogen-bond acceptors (Lipinski definition) is 1. The summed E-state index contributed by atoms with van der Waals surface area (Å²) < 4.78 is 0. The van der Waals surface area contributed by atoms with Gasteiger partial charge in [0.25, 0.3) is 0 Å². The fraction of sp³-hybridized carbons (Fsp3) is 1.00. The minimum Gasteiger partial charge on any atom is -0.314 e. The second kappa shape index (κ2) is 3.02. The van der Waals surface area contributed by atoms with Crippen molar-refractivity contribution in [3.8, 4) is 0 Å². The minimum atomic E-state index is 0.808. The Balaban J connectivity index is 1.62. The molecule has 0 bridgehead atoms. The molecule has 1 spiro atoms. The van der Waals surface area contributed by atoms with Gasteiger partial charge in [-0.1, -0.05) is 20.3 Å². The van der Waals surface area contributed by atoms with Crippen LogP contribution in [0.2, 0.25) is 0 Å². The van der Waals surface area contributed by atoms with E-state index in [0.29, 0.717) is 0 Å². The predicted octanol–water partition coefficient (Wildman–Crippen LogP) is 2.56. The quantitative estimate of drug-likeness (QED) is 0.681. The Morgan fingerprint density at radius 3 is 2.42 bits per heavy atom. The molecule has 2 fully saturated rings. The summed E-state index contributed by atoms with van der Waals surface area (Å²) in [6, 6.07) is 0.868. The molecular weight excluding hydrogens is 146 g/mol. The average molecular weight is 167 g/mol. The van der Waals surface area contributed by atoms with Crippen LogP contribution in [-0.2, 0) is 0 Å². The highest BCUT2D eigenvalue weighted by Crippen LogP contribution is 2.55. The Kier molecular flexibility index (Phi) is 2.16. The van der Waals surface area contributed by atoms with Gasteiger partial charge in [-0.2, -0.15) is 0 Å². The molecule has 0 radical (unpaired) electrons. The molecule has 0 amide bonds. The van der Waals surface area contributed by atoms with Crippen molar-refractivity contribution in [3.63, 3.8) is 0 Å². The smallest absolute Gasteiger partial charge is 0.00777 e. The Hall–Kier alpha value is -0.0400. The van der Waals surface area contributed by atoms with Crippen molar-refractivity contribution in [3.05, 3.63) is 0 Å². The standard InChI is InChI=1S/C11H21N/c1-9(2)8-12-10-6-11(7-10)4-3-5-11/h9-10,12H,3-8H2,1-2H3. The first kappa shape index (κ1) is 8.55. The third kappa shape index (κ3) is 1.52. The van der Waals surface area contributed by atoms with Gasteiger partial charge in [-0.15, -0.1) is 0 Å². The van der Waals surface area contributed by atoms with E-state index in [9.17, 15) is 0 Å². The van der Waals surface area contributed by atoms with Crippen LogP contribution in [0.3, 0.4) is 0 Å². The van der Waals surface area contributed by atoms with Crippen molar-refractivity contribution in [2.75, 3.05) is 6.54 Å². The summed E-state index contributed by atoms with van der Waals surface area (Å²) in [6.07, 6.45) is 7.48. The molecule has 0 saturated heterocycles. The third-order valence-corrected chi connectivity index (χ3v) is 3.59. The second-order valence-electron chi connectivity index (χ2n) is 5.26. The first-order valence-corrected chi connectivity index (χ1v) is 5.44. The highest BCUT2D eigenvalue weighted by molar-refractivity contribution is 5.02. The Bertz CT molecular complexity index is 150. The zero-order chi connectivity index (χ0) is 8.60. The molecule has 0 unspecified atom stereocenters. The van der Waals surface area contributed by atoms with E-state index in [-0.39, 0.29) is 0 Å². The van der Waals surface area contributed by atoms with Crippen LogP contribution in [0.25, 0.3) is 0 Å². The van der Waals surface area contributed by atoms with Gasteiger partial charge in [-0.25, -0.2) is 0 Å². The fourth-order valence-corrected chi connectivity index (χ4v) is 2.62. The van der Waals surface area contributed by atoms with Crippen LogP contribution in [0.4, 0.5) is 0 Å². The van der Waals surface area contributed by atoms with Crippen LogP contribution in [0.1, 0.15) is 46.0 Å². The minimum absolute atomic E-state index is 0.808. The van der Waals surface area contributed by atoms with E-state index < -0.39 is 0 Å². The molecule has 1 N–H and O–H groups in total. The summed E-state index contributed by atoms with van der Waals surface area (Å²) in [7, 11) is 0. The van der Waals surface area contributed by atoms with Gasteiger partial charge in [0, 0.05) is 6.04 Å². The molecular formula is C11H21N. The van der Waals surface area contributed by atoms with E-state index in [1.807, 2.05) is 0 Å². The first-order chi connectivity index (χ1) is 5.70. The van der Waals surface area contributed by atoms with Crippen molar-refractivity contribution in [1.29, 1.82) is 0 Å². The molecule has 0 aromatic carbocycles. The molecule has 2 aliphatic carbocycles. The third-order valence-electron chi connectivity index (χ3n) is 3.59. The number of nitrogens with one attached hydrogen (secondary N) is 1. The molecule has 1 heteroatoms. The lowest BCUT2D eigenvalue weighted by Crippen LogP contribution is -2.52. The van der Waals surface area contributed by atoms with Gasteiger partial charge in [0.05, 0.1) is 0 Å². The van der Waals surface area contributed by atoms with Gasteiger partial charge in [0.15, 0.2) is 0 Å². The molecule has 1 nitrogen and oxygen atoms in total. The highest BCUT2D eigenvalue weighted by atomic mass is 14.9. The monoisotopic (exact) mass is 167 g/mol. The normalized spacial score (nSPS) is 27.2. The molecule has 0 atom stereocenters. The van der Waals surface area contributed by atoms with Gasteiger partial charge >= 0.3 is 0 Å². The van der Waals surface area contributed by atoms with Crippen molar-refractivity contribution in [2.45, 2.75) is 52.0 Å². The van der Waals surface area contributed by atoms with Crippen molar-refractivity contribution in [1.82, 2.24) is 5.32 Å². The molecule has 2 aliphatic rings. The molecule has 0 heterocycles. The largest absolute Gasteiger partial charge is 0.314 e. The Labute approximate surface area is 75.9 Å². The van der Waals surface area contributed by atoms with Crippen LogP contribution in [0, 0.1) is 11.3 Å². The summed E-state index contributed by atoms with van der Waals surface area (Å²) in [5.41, 5.74) is 0.842. The van der Waals surface area contributed by atoms with Crippen molar-refractivity contribution < 1.29 is 0 Å². The lowest BCUT2D eigenvalue weighted by Gasteiger charge is -2.54. The molecule has 2 saturated carbocycles. The van der Waals surface area contributed by atoms with Crippen LogP contribution in [-0.4, -0.2) is 12.6 Å². The van der Waals surface area contributed by atoms with Crippen LogP contribution in [0.5, 0.6) is 0 Å². The summed E-state index contributed by atoms with van der Waals surface area (Å²) in [5.74, 6) is 0.808. The summed E-state index contributed by atoms with van der Waals surface area (Å²) in [6.45, 7) is 5.77. The second-order valence-corrected chi connectivity index (χ2v) is 5.26. The van der Waals surface area contributed by atoms with Crippen LogP contribution in [0.15, 0.2) is 0 Å². The molecule has 0 aromatic rings. The topological polar surface area (TPSA) is 12.0 Å². The summed E-state index contributed by atoms with van der Waals surface area (Å²) in [4.78, 5) is 0. The Morgan fingerprint density at radius 1 is 1.33 bits per heavy atom. The van der Waals surface area contributed by atoms with Gasteiger partial charge in [0.1, 0.15) is 0 Å². The summed E-state index contributed by atoms with van der Waals surface area (Å²) in [5, 5.41) is 3.64. The van der Waals surface area contributed by atoms with Gasteiger partial charge in [-0.3, -0.25) is 0 Å².